The van der Waals surface area contributed by atoms with Gasteiger partial charge < -0.3 is 44.8 Å². The van der Waals surface area contributed by atoms with Gasteiger partial charge in [-0.3, -0.25) is 4.79 Å². The fraction of sp³-hybridized carbons (Fsp3) is 0.714. The number of hydrogen-bond donors (Lipinski definition) is 6. The minimum Gasteiger partial charge on any atom is -0.459 e. The fourth-order valence-corrected chi connectivity index (χ4v) is 13.1. The third-order valence-corrected chi connectivity index (χ3v) is 15.1. The lowest BCUT2D eigenvalue weighted by atomic mass is 9.39. The van der Waals surface area contributed by atoms with Gasteiger partial charge in [0.1, 0.15) is 23.7 Å². The van der Waals surface area contributed by atoms with Crippen LogP contribution in [0.15, 0.2) is 33.9 Å². The first-order valence-electron chi connectivity index (χ1n) is 16.8. The molecule has 0 aromatic rings. The second kappa shape index (κ2) is 8.50. The Kier molecular flexibility index (Phi) is 5.50. The molecule has 2 spiro atoms. The Bertz CT molecular complexity index is 1780. The first-order valence-corrected chi connectivity index (χ1v) is 16.8. The molecule has 48 heavy (non-hydrogen) atoms. The number of fused-ring (bicyclic) bond motifs is 9. The number of ether oxygens (including phenoxy) is 3. The van der Waals surface area contributed by atoms with E-state index >= 15 is 4.79 Å². The molecule has 7 aliphatic carbocycles. The normalized spacial score (nSPS) is 54.8. The largest absolute Gasteiger partial charge is 0.459 e. The van der Waals surface area contributed by atoms with Crippen LogP contribution in [0.25, 0.3) is 0 Å². The van der Waals surface area contributed by atoms with Gasteiger partial charge in [-0.15, -0.1) is 0 Å². The summed E-state index contributed by atoms with van der Waals surface area (Å²) in [6.07, 6.45) is 0.00368. The molecule has 2 bridgehead atoms. The Labute approximate surface area is 275 Å². The molecule has 14 atom stereocenters. The van der Waals surface area contributed by atoms with Crippen molar-refractivity contribution in [1.82, 2.24) is 0 Å². The lowest BCUT2D eigenvalue weighted by molar-refractivity contribution is -0.286. The maximum atomic E-state index is 15.5. The minimum atomic E-state index is -2.70. The van der Waals surface area contributed by atoms with Crippen LogP contribution in [0.5, 0.6) is 0 Å². The Hall–Kier alpha value is -2.94. The van der Waals surface area contributed by atoms with Crippen LogP contribution in [0, 0.1) is 51.8 Å². The summed E-state index contributed by atoms with van der Waals surface area (Å²) in [6.45, 7) is 4.88. The Morgan fingerprint density at radius 1 is 0.979 bits per heavy atom. The van der Waals surface area contributed by atoms with Gasteiger partial charge in [-0.05, 0) is 86.7 Å². The summed E-state index contributed by atoms with van der Waals surface area (Å²) >= 11 is 0. The van der Waals surface area contributed by atoms with Crippen molar-refractivity contribution >= 4 is 23.7 Å². The smallest absolute Gasteiger partial charge is 0.337 e. The summed E-state index contributed by atoms with van der Waals surface area (Å²) in [6, 6.07) is 0. The first kappa shape index (κ1) is 31.1. The molecule has 13 heteroatoms. The van der Waals surface area contributed by atoms with Crippen molar-refractivity contribution in [3.63, 3.8) is 0 Å². The molecule has 0 aromatic heterocycles. The van der Waals surface area contributed by atoms with Gasteiger partial charge in [0.25, 0.3) is 5.79 Å². The van der Waals surface area contributed by atoms with E-state index in [-0.39, 0.29) is 60.2 Å². The van der Waals surface area contributed by atoms with Crippen LogP contribution in [0.2, 0.25) is 0 Å². The van der Waals surface area contributed by atoms with E-state index in [0.717, 1.165) is 6.08 Å². The van der Waals surface area contributed by atoms with Crippen LogP contribution < -0.4 is 0 Å². The predicted molar refractivity (Wildman–Crippen MR) is 157 cm³/mol. The topological polar surface area (TPSA) is 217 Å². The highest BCUT2D eigenvalue weighted by Crippen LogP contribution is 2.88. The van der Waals surface area contributed by atoms with Crippen LogP contribution in [0.3, 0.4) is 0 Å². The molecule has 0 radical (unpaired) electrons. The lowest BCUT2D eigenvalue weighted by Gasteiger charge is -2.65. The van der Waals surface area contributed by atoms with E-state index in [0.29, 0.717) is 18.4 Å². The molecule has 13 nitrogen and oxygen atoms in total. The second-order valence-corrected chi connectivity index (χ2v) is 16.5. The molecule has 9 rings (SSSR count). The molecule has 6 N–H and O–H groups in total. The molecule has 7 saturated carbocycles. The van der Waals surface area contributed by atoms with Crippen molar-refractivity contribution in [3.8, 4) is 0 Å². The third kappa shape index (κ3) is 2.76. The average Bonchev–Trinajstić information content (AvgIpc) is 3.94. The highest BCUT2D eigenvalue weighted by atomic mass is 16.7. The number of aliphatic hydroxyl groups excluding tert-OH is 3. The third-order valence-electron chi connectivity index (χ3n) is 15.1. The first-order chi connectivity index (χ1) is 22.4. The van der Waals surface area contributed by atoms with Crippen LogP contribution in [-0.4, -0.2) is 103 Å². The zero-order chi connectivity index (χ0) is 34.5. The van der Waals surface area contributed by atoms with Gasteiger partial charge in [0.05, 0.1) is 29.8 Å². The van der Waals surface area contributed by atoms with E-state index in [9.17, 15) is 45.0 Å². The van der Waals surface area contributed by atoms with E-state index in [1.165, 1.54) is 13.8 Å². The van der Waals surface area contributed by atoms with Crippen molar-refractivity contribution in [2.24, 2.45) is 51.8 Å². The monoisotopic (exact) mass is 668 g/mol. The average molecular weight is 669 g/mol. The summed E-state index contributed by atoms with van der Waals surface area (Å²) in [4.78, 5) is 55.4. The number of Topliss-reactive ketones (excluding diaryl/α,β-unsaturated/α-hetero) is 1. The number of rotatable bonds is 5. The molecule has 9 aliphatic rings. The van der Waals surface area contributed by atoms with Gasteiger partial charge in [-0.25, -0.2) is 14.4 Å². The summed E-state index contributed by atoms with van der Waals surface area (Å²) in [5.41, 5.74) is -10.4. The molecule has 2 heterocycles. The Morgan fingerprint density at radius 3 is 2.33 bits per heavy atom. The van der Waals surface area contributed by atoms with E-state index in [1.54, 1.807) is 6.92 Å². The van der Waals surface area contributed by atoms with E-state index < -0.39 is 98.9 Å². The number of esters is 3. The molecular weight excluding hydrogens is 628 g/mol. The van der Waals surface area contributed by atoms with Crippen LogP contribution in [0.4, 0.5) is 0 Å². The number of ketones is 1. The van der Waals surface area contributed by atoms with E-state index in [1.807, 2.05) is 6.92 Å². The summed E-state index contributed by atoms with van der Waals surface area (Å²) < 4.78 is 17.6. The molecule has 0 aromatic carbocycles. The second-order valence-electron chi connectivity index (χ2n) is 16.5. The van der Waals surface area contributed by atoms with Gasteiger partial charge in [0.2, 0.25) is 0 Å². The minimum absolute atomic E-state index is 0.0702. The van der Waals surface area contributed by atoms with Gasteiger partial charge in [-0.2, -0.15) is 0 Å². The summed E-state index contributed by atoms with van der Waals surface area (Å²) in [5, 5.41) is 69.8. The van der Waals surface area contributed by atoms with Gasteiger partial charge in [0, 0.05) is 29.1 Å². The van der Waals surface area contributed by atoms with Crippen molar-refractivity contribution in [2.45, 2.75) is 82.1 Å². The molecule has 0 saturated heterocycles. The highest BCUT2D eigenvalue weighted by Gasteiger charge is 2.98. The number of carbonyl (C=O) groups is 4. The number of hydrogen-bond acceptors (Lipinski definition) is 13. The van der Waals surface area contributed by atoms with Gasteiger partial charge >= 0.3 is 17.9 Å². The molecule has 0 unspecified atom stereocenters. The van der Waals surface area contributed by atoms with Crippen LogP contribution >= 0.6 is 0 Å². The maximum absolute atomic E-state index is 15.5. The maximum Gasteiger partial charge on any atom is 0.337 e. The highest BCUT2D eigenvalue weighted by molar-refractivity contribution is 6.07. The molecule has 7 fully saturated rings. The van der Waals surface area contributed by atoms with Gasteiger partial charge in [0.15, 0.2) is 11.4 Å². The molecular formula is C35H40O13. The SMILES string of the molecule is CC1=C2[C@@]34C(=O)[C@@](C)([C@@H]5C[C@@H]5[C@]3(O)C[C@H]3[C@@]5(C)[C@@H]6C[C@@H]6[C@@](O)(COC(=O)/C=C(\C)CO)[C@H]5CC5=C(CO)C(=O)O[C@]534)[C@@H](O)[C@@]2(O)OC1=O. The van der Waals surface area contributed by atoms with Crippen molar-refractivity contribution in [1.29, 1.82) is 0 Å². The van der Waals surface area contributed by atoms with E-state index in [4.69, 9.17) is 14.2 Å². The van der Waals surface area contributed by atoms with Crippen LogP contribution in [-0.2, 0) is 33.4 Å². The van der Waals surface area contributed by atoms with Gasteiger partial charge in [-0.1, -0.05) is 6.92 Å². The predicted octanol–water partition coefficient (Wildman–Crippen LogP) is -0.641. The van der Waals surface area contributed by atoms with Crippen molar-refractivity contribution in [2.75, 3.05) is 19.8 Å². The summed E-state index contributed by atoms with van der Waals surface area (Å²) in [5.74, 6) is -9.12. The van der Waals surface area contributed by atoms with Crippen molar-refractivity contribution < 1.29 is 64.0 Å². The fourth-order valence-electron chi connectivity index (χ4n) is 13.1. The molecule has 2 aliphatic heterocycles. The molecule has 258 valence electrons. The molecule has 0 amide bonds. The Balaban J connectivity index is 1.29. The summed E-state index contributed by atoms with van der Waals surface area (Å²) in [7, 11) is 0. The number of carbonyl (C=O) groups excluding carboxylic acids is 4. The van der Waals surface area contributed by atoms with Crippen molar-refractivity contribution in [3.05, 3.63) is 33.9 Å². The van der Waals surface area contributed by atoms with Crippen LogP contribution in [0.1, 0.15) is 53.4 Å². The lowest BCUT2D eigenvalue weighted by Crippen LogP contribution is -2.80. The number of aliphatic hydroxyl groups is 6. The zero-order valence-electron chi connectivity index (χ0n) is 27.1. The van der Waals surface area contributed by atoms with E-state index in [2.05, 4.69) is 0 Å². The Morgan fingerprint density at radius 2 is 1.67 bits per heavy atom. The zero-order valence-corrected chi connectivity index (χ0v) is 27.1. The quantitative estimate of drug-likeness (QED) is 0.122. The standard InChI is InChI=1S/C35H40O13/c1-13(10-36)5-23(38)46-12-31(43)19-6-17(19)29(3)21(31)8-16-15(11-37)26(40)47-34(16)22(29)9-32(44)20-7-18(20)30(4)27(41)33(32,34)24-14(2)25(39)48-35(24,45)28(30)42/h5,17-22,28,36-37,42-45H,6-12H2,1-4H3/b13-5+/t17-,18-,19+,20+,21+,22+,28-,29+,30-,31+,32-,33-,34-,35+/m1/s1.